The number of nitrogens with one attached hydrogen (secondary N) is 1. The second kappa shape index (κ2) is 7.97. The number of benzene rings is 1. The molecule has 4 rings (SSSR count). The number of halogens is 2. The van der Waals surface area contributed by atoms with Gasteiger partial charge in [-0.05, 0) is 48.4 Å². The van der Waals surface area contributed by atoms with E-state index < -0.39 is 11.6 Å². The Hall–Kier alpha value is -3.32. The van der Waals surface area contributed by atoms with E-state index in [1.807, 2.05) is 13.0 Å². The lowest BCUT2D eigenvalue weighted by Gasteiger charge is -2.11. The van der Waals surface area contributed by atoms with Crippen LogP contribution in [0.3, 0.4) is 0 Å². The van der Waals surface area contributed by atoms with Crippen molar-refractivity contribution in [3.05, 3.63) is 82.1 Å². The second-order valence-electron chi connectivity index (χ2n) is 6.54. The molecule has 0 fully saturated rings. The SMILES string of the molecule is Cc1[nH]nc2ncc(CC(=O)c3c(Cl)ccc(OCc4ccncc4)c3F)cc12. The van der Waals surface area contributed by atoms with Gasteiger partial charge in [0.1, 0.15) is 6.61 Å². The molecule has 146 valence electrons. The largest absolute Gasteiger partial charge is 0.486 e. The van der Waals surface area contributed by atoms with Gasteiger partial charge in [-0.15, -0.1) is 0 Å². The first-order chi connectivity index (χ1) is 14.0. The maximum atomic E-state index is 15.0. The number of ketones is 1. The van der Waals surface area contributed by atoms with Gasteiger partial charge in [0.15, 0.2) is 23.0 Å². The first-order valence-corrected chi connectivity index (χ1v) is 9.23. The molecule has 0 aliphatic heterocycles. The minimum atomic E-state index is -0.773. The van der Waals surface area contributed by atoms with Gasteiger partial charge >= 0.3 is 0 Å². The number of fused-ring (bicyclic) bond motifs is 1. The van der Waals surface area contributed by atoms with Crippen molar-refractivity contribution < 1.29 is 13.9 Å². The monoisotopic (exact) mass is 410 g/mol. The average molecular weight is 411 g/mol. The third kappa shape index (κ3) is 3.95. The normalized spacial score (nSPS) is 11.0. The minimum Gasteiger partial charge on any atom is -0.486 e. The Morgan fingerprint density at radius 2 is 2.00 bits per heavy atom. The third-order valence-electron chi connectivity index (χ3n) is 4.50. The molecule has 1 N–H and O–H groups in total. The number of pyridine rings is 2. The zero-order valence-electron chi connectivity index (χ0n) is 15.4. The van der Waals surface area contributed by atoms with Crippen LogP contribution in [0.2, 0.25) is 5.02 Å². The van der Waals surface area contributed by atoms with Gasteiger partial charge in [0.25, 0.3) is 0 Å². The predicted molar refractivity (Wildman–Crippen MR) is 107 cm³/mol. The molecule has 3 aromatic heterocycles. The summed E-state index contributed by atoms with van der Waals surface area (Å²) in [7, 11) is 0. The van der Waals surface area contributed by atoms with E-state index in [2.05, 4.69) is 20.2 Å². The number of aryl methyl sites for hydroxylation is 1. The van der Waals surface area contributed by atoms with Gasteiger partial charge < -0.3 is 4.74 Å². The fourth-order valence-electron chi connectivity index (χ4n) is 2.97. The Bertz CT molecular complexity index is 1190. The number of nitrogens with zero attached hydrogens (tertiary/aromatic N) is 3. The van der Waals surface area contributed by atoms with Gasteiger partial charge in [-0.3, -0.25) is 14.9 Å². The summed E-state index contributed by atoms with van der Waals surface area (Å²) >= 11 is 6.13. The molecule has 0 bridgehead atoms. The number of ether oxygens (including phenoxy) is 1. The predicted octanol–water partition coefficient (Wildman–Crippen LogP) is 4.46. The number of Topliss-reactive ketones (excluding diaryl/α,β-unsaturated/α-hetero) is 1. The van der Waals surface area contributed by atoms with Crippen LogP contribution in [0.25, 0.3) is 11.0 Å². The van der Waals surface area contributed by atoms with Crippen molar-refractivity contribution in [2.24, 2.45) is 0 Å². The maximum Gasteiger partial charge on any atom is 0.181 e. The molecule has 1 aromatic carbocycles. The number of carbonyl (C=O) groups excluding carboxylic acids is 1. The molecule has 29 heavy (non-hydrogen) atoms. The Morgan fingerprint density at radius 1 is 1.21 bits per heavy atom. The highest BCUT2D eigenvalue weighted by Crippen LogP contribution is 2.29. The summed E-state index contributed by atoms with van der Waals surface area (Å²) < 4.78 is 20.5. The number of aromatic amines is 1. The molecular formula is C21H16ClFN4O2. The fraction of sp³-hybridized carbons (Fsp3) is 0.143. The van der Waals surface area contributed by atoms with E-state index in [9.17, 15) is 9.18 Å². The summed E-state index contributed by atoms with van der Waals surface area (Å²) in [6.45, 7) is 2.01. The van der Waals surface area contributed by atoms with E-state index in [1.54, 1.807) is 30.7 Å². The lowest BCUT2D eigenvalue weighted by Crippen LogP contribution is -2.09. The van der Waals surface area contributed by atoms with Gasteiger partial charge in [0.2, 0.25) is 0 Å². The number of rotatable bonds is 6. The van der Waals surface area contributed by atoms with Crippen molar-refractivity contribution in [1.82, 2.24) is 20.2 Å². The van der Waals surface area contributed by atoms with E-state index in [-0.39, 0.29) is 29.4 Å². The van der Waals surface area contributed by atoms with Gasteiger partial charge in [0.05, 0.1) is 10.6 Å². The summed E-state index contributed by atoms with van der Waals surface area (Å²) in [4.78, 5) is 20.9. The zero-order chi connectivity index (χ0) is 20.4. The molecule has 4 aromatic rings. The van der Waals surface area contributed by atoms with Crippen LogP contribution >= 0.6 is 11.6 Å². The Balaban J connectivity index is 1.57. The van der Waals surface area contributed by atoms with Crippen molar-refractivity contribution in [3.8, 4) is 5.75 Å². The van der Waals surface area contributed by atoms with Crippen LogP contribution in [0.4, 0.5) is 4.39 Å². The lowest BCUT2D eigenvalue weighted by molar-refractivity contribution is 0.0988. The van der Waals surface area contributed by atoms with Crippen LogP contribution in [0.1, 0.15) is 27.2 Å². The van der Waals surface area contributed by atoms with E-state index in [1.165, 1.54) is 12.1 Å². The molecule has 0 amide bonds. The van der Waals surface area contributed by atoms with Crippen LogP contribution < -0.4 is 4.74 Å². The van der Waals surface area contributed by atoms with Crippen LogP contribution in [0.5, 0.6) is 5.75 Å². The summed E-state index contributed by atoms with van der Waals surface area (Å²) in [6, 6.07) is 8.22. The third-order valence-corrected chi connectivity index (χ3v) is 4.81. The molecular weight excluding hydrogens is 395 g/mol. The summed E-state index contributed by atoms with van der Waals surface area (Å²) in [5.74, 6) is -1.26. The quantitative estimate of drug-likeness (QED) is 0.475. The maximum absolute atomic E-state index is 15.0. The summed E-state index contributed by atoms with van der Waals surface area (Å²) in [5.41, 5.74) is 2.69. The molecule has 0 aliphatic rings. The highest BCUT2D eigenvalue weighted by molar-refractivity contribution is 6.34. The number of hydrogen-bond acceptors (Lipinski definition) is 5. The number of aromatic nitrogens is 4. The Kier molecular flexibility index (Phi) is 5.22. The number of carbonyl (C=O) groups is 1. The molecule has 0 saturated heterocycles. The highest BCUT2D eigenvalue weighted by Gasteiger charge is 2.21. The van der Waals surface area contributed by atoms with Crippen molar-refractivity contribution in [2.45, 2.75) is 20.0 Å². The smallest absolute Gasteiger partial charge is 0.181 e. The van der Waals surface area contributed by atoms with Crippen molar-refractivity contribution in [3.63, 3.8) is 0 Å². The fourth-order valence-corrected chi connectivity index (χ4v) is 3.23. The molecule has 3 heterocycles. The number of hydrogen-bond donors (Lipinski definition) is 1. The van der Waals surface area contributed by atoms with E-state index in [4.69, 9.17) is 16.3 Å². The van der Waals surface area contributed by atoms with Crippen LogP contribution in [0.15, 0.2) is 48.9 Å². The Labute approximate surface area is 170 Å². The summed E-state index contributed by atoms with van der Waals surface area (Å²) in [6.07, 6.45) is 4.75. The lowest BCUT2D eigenvalue weighted by atomic mass is 10.0. The topological polar surface area (TPSA) is 80.8 Å². The first kappa shape index (κ1) is 19.0. The van der Waals surface area contributed by atoms with E-state index in [0.717, 1.165) is 16.6 Å². The molecule has 0 spiro atoms. The average Bonchev–Trinajstić information content (AvgIpc) is 3.08. The molecule has 0 unspecified atom stereocenters. The highest BCUT2D eigenvalue weighted by atomic mass is 35.5. The molecule has 0 aliphatic carbocycles. The molecule has 0 saturated carbocycles. The van der Waals surface area contributed by atoms with Crippen molar-refractivity contribution in [1.29, 1.82) is 0 Å². The van der Waals surface area contributed by atoms with Crippen molar-refractivity contribution >= 4 is 28.4 Å². The molecule has 6 nitrogen and oxygen atoms in total. The van der Waals surface area contributed by atoms with Crippen LogP contribution in [-0.2, 0) is 13.0 Å². The van der Waals surface area contributed by atoms with Gasteiger partial charge in [-0.2, -0.15) is 5.10 Å². The molecule has 0 radical (unpaired) electrons. The van der Waals surface area contributed by atoms with Crippen LogP contribution in [-0.4, -0.2) is 25.9 Å². The van der Waals surface area contributed by atoms with Gasteiger partial charge in [-0.1, -0.05) is 11.6 Å². The molecule has 8 heteroatoms. The van der Waals surface area contributed by atoms with Gasteiger partial charge in [-0.25, -0.2) is 9.37 Å². The van der Waals surface area contributed by atoms with Gasteiger partial charge in [0, 0.05) is 36.1 Å². The first-order valence-electron chi connectivity index (χ1n) is 8.85. The van der Waals surface area contributed by atoms with Crippen LogP contribution in [0, 0.1) is 12.7 Å². The summed E-state index contributed by atoms with van der Waals surface area (Å²) in [5, 5.41) is 7.76. The second-order valence-corrected chi connectivity index (χ2v) is 6.95. The standard InChI is InChI=1S/C21H16ClFN4O2/c1-12-15-8-14(10-25-21(15)27-26-12)9-17(28)19-16(22)2-3-18(20(19)23)29-11-13-4-6-24-7-5-13/h2-8,10H,9,11H2,1H3,(H,25,26,27). The Morgan fingerprint density at radius 3 is 2.79 bits per heavy atom. The number of H-pyrrole nitrogens is 1. The van der Waals surface area contributed by atoms with E-state index in [0.29, 0.717) is 11.2 Å². The zero-order valence-corrected chi connectivity index (χ0v) is 16.2. The minimum absolute atomic E-state index is 0.0335. The van der Waals surface area contributed by atoms with Crippen molar-refractivity contribution in [2.75, 3.05) is 0 Å². The molecule has 0 atom stereocenters. The van der Waals surface area contributed by atoms with E-state index >= 15 is 0 Å².